The van der Waals surface area contributed by atoms with Gasteiger partial charge >= 0.3 is 0 Å². The Morgan fingerprint density at radius 3 is 2.75 bits per heavy atom. The van der Waals surface area contributed by atoms with Crippen molar-refractivity contribution in [3.63, 3.8) is 0 Å². The molecule has 1 aliphatic carbocycles. The quantitative estimate of drug-likeness (QED) is 0.788. The predicted molar refractivity (Wildman–Crippen MR) is 78.6 cm³/mol. The summed E-state index contributed by atoms with van der Waals surface area (Å²) in [6.07, 6.45) is 5.86. The van der Waals surface area contributed by atoms with E-state index < -0.39 is 5.54 Å². The van der Waals surface area contributed by atoms with Crippen LogP contribution < -0.4 is 10.6 Å². The van der Waals surface area contributed by atoms with E-state index in [-0.39, 0.29) is 18.6 Å². The van der Waals surface area contributed by atoms with Crippen LogP contribution in [0.2, 0.25) is 0 Å². The molecule has 0 aromatic heterocycles. The number of anilines is 1. The number of para-hydroxylation sites is 1. The summed E-state index contributed by atoms with van der Waals surface area (Å²) in [5.41, 5.74) is 1.84. The molecule has 4 heteroatoms. The second-order valence-electron chi connectivity index (χ2n) is 6.05. The van der Waals surface area contributed by atoms with Gasteiger partial charge in [0.05, 0.1) is 12.1 Å². The third kappa shape index (κ3) is 2.52. The first-order valence-corrected chi connectivity index (χ1v) is 7.50. The molecule has 1 aromatic rings. The molecular weight excluding hydrogens is 252 g/mol. The summed E-state index contributed by atoms with van der Waals surface area (Å²) >= 11 is 0. The van der Waals surface area contributed by atoms with E-state index in [9.17, 15) is 9.90 Å². The van der Waals surface area contributed by atoms with Gasteiger partial charge in [-0.3, -0.25) is 4.79 Å². The van der Waals surface area contributed by atoms with Gasteiger partial charge in [-0.1, -0.05) is 37.5 Å². The molecule has 4 nitrogen and oxygen atoms in total. The minimum absolute atomic E-state index is 0.0113. The van der Waals surface area contributed by atoms with Gasteiger partial charge in [0.25, 0.3) is 0 Å². The zero-order valence-corrected chi connectivity index (χ0v) is 11.7. The van der Waals surface area contributed by atoms with Crippen LogP contribution in [-0.2, 0) is 11.2 Å². The van der Waals surface area contributed by atoms with Crippen molar-refractivity contribution in [3.8, 4) is 0 Å². The summed E-state index contributed by atoms with van der Waals surface area (Å²) in [5, 5.41) is 16.1. The Labute approximate surface area is 119 Å². The Morgan fingerprint density at radius 1 is 1.30 bits per heavy atom. The molecule has 20 heavy (non-hydrogen) atoms. The maximum atomic E-state index is 12.5. The Morgan fingerprint density at radius 2 is 2.05 bits per heavy atom. The lowest BCUT2D eigenvalue weighted by molar-refractivity contribution is -0.124. The van der Waals surface area contributed by atoms with E-state index in [1.54, 1.807) is 0 Å². The monoisotopic (exact) mass is 274 g/mol. The van der Waals surface area contributed by atoms with Crippen molar-refractivity contribution >= 4 is 11.6 Å². The fourth-order valence-corrected chi connectivity index (χ4v) is 3.36. The van der Waals surface area contributed by atoms with Crippen LogP contribution in [0.5, 0.6) is 0 Å². The van der Waals surface area contributed by atoms with Crippen molar-refractivity contribution in [3.05, 3.63) is 29.8 Å². The molecule has 108 valence electrons. The Hall–Kier alpha value is -1.55. The fourth-order valence-electron chi connectivity index (χ4n) is 3.36. The third-order valence-corrected chi connectivity index (χ3v) is 4.59. The van der Waals surface area contributed by atoms with E-state index in [4.69, 9.17) is 0 Å². The van der Waals surface area contributed by atoms with Crippen molar-refractivity contribution in [1.29, 1.82) is 0 Å². The zero-order chi connectivity index (χ0) is 14.0. The maximum absolute atomic E-state index is 12.5. The van der Waals surface area contributed by atoms with Crippen LogP contribution in [-0.4, -0.2) is 29.2 Å². The third-order valence-electron chi connectivity index (χ3n) is 4.59. The zero-order valence-electron chi connectivity index (χ0n) is 11.7. The van der Waals surface area contributed by atoms with Gasteiger partial charge in [-0.2, -0.15) is 0 Å². The SMILES string of the molecule is O=C(NC1(CO)CCCCC1)[C@@H]1Cc2ccccc2N1. The van der Waals surface area contributed by atoms with Crippen molar-refractivity contribution in [2.45, 2.75) is 50.1 Å². The van der Waals surface area contributed by atoms with Crippen LogP contribution in [0.25, 0.3) is 0 Å². The van der Waals surface area contributed by atoms with E-state index in [0.717, 1.165) is 37.8 Å². The van der Waals surface area contributed by atoms with Crippen LogP contribution in [0.15, 0.2) is 24.3 Å². The minimum Gasteiger partial charge on any atom is -0.394 e. The van der Waals surface area contributed by atoms with Gasteiger partial charge in [-0.25, -0.2) is 0 Å². The molecule has 1 saturated carbocycles. The first kappa shape index (κ1) is 13.4. The van der Waals surface area contributed by atoms with E-state index in [1.165, 1.54) is 12.0 Å². The first-order chi connectivity index (χ1) is 9.72. The number of carbonyl (C=O) groups excluding carboxylic acids is 1. The van der Waals surface area contributed by atoms with Crippen LogP contribution in [0.1, 0.15) is 37.7 Å². The Kier molecular flexibility index (Phi) is 3.66. The molecule has 0 bridgehead atoms. The normalized spacial score (nSPS) is 23.8. The van der Waals surface area contributed by atoms with Crippen LogP contribution in [0.3, 0.4) is 0 Å². The number of aliphatic hydroxyl groups excluding tert-OH is 1. The van der Waals surface area contributed by atoms with Crippen molar-refractivity contribution < 1.29 is 9.90 Å². The van der Waals surface area contributed by atoms with Crippen LogP contribution >= 0.6 is 0 Å². The molecule has 1 fully saturated rings. The summed E-state index contributed by atoms with van der Waals surface area (Å²) in [4.78, 5) is 12.5. The van der Waals surface area contributed by atoms with Gasteiger partial charge in [-0.05, 0) is 24.5 Å². The summed E-state index contributed by atoms with van der Waals surface area (Å²) in [5.74, 6) is 0.0113. The molecule has 3 rings (SSSR count). The highest BCUT2D eigenvalue weighted by molar-refractivity contribution is 5.88. The minimum atomic E-state index is -0.397. The Balaban J connectivity index is 1.66. The second-order valence-corrected chi connectivity index (χ2v) is 6.05. The molecule has 0 saturated heterocycles. The predicted octanol–water partition coefficient (Wildman–Crippen LogP) is 1.83. The lowest BCUT2D eigenvalue weighted by Crippen LogP contribution is -2.56. The number of aliphatic hydroxyl groups is 1. The van der Waals surface area contributed by atoms with Crippen LogP contribution in [0.4, 0.5) is 5.69 Å². The molecule has 1 atom stereocenters. The number of amides is 1. The molecule has 0 radical (unpaired) electrons. The van der Waals surface area contributed by atoms with E-state index in [1.807, 2.05) is 18.2 Å². The van der Waals surface area contributed by atoms with Gasteiger partial charge in [0, 0.05) is 12.1 Å². The smallest absolute Gasteiger partial charge is 0.243 e. The molecule has 2 aliphatic rings. The molecule has 1 amide bonds. The molecule has 1 aliphatic heterocycles. The summed E-state index contributed by atoms with van der Waals surface area (Å²) in [6, 6.07) is 7.82. The van der Waals surface area contributed by atoms with Crippen LogP contribution in [0, 0.1) is 0 Å². The highest BCUT2D eigenvalue weighted by atomic mass is 16.3. The average molecular weight is 274 g/mol. The molecule has 1 heterocycles. The standard InChI is InChI=1S/C16H22N2O2/c19-11-16(8-4-1-5-9-16)18-15(20)14-10-12-6-2-3-7-13(12)17-14/h2-3,6-7,14,17,19H,1,4-5,8-11H2,(H,18,20)/t14-/m0/s1. The van der Waals surface area contributed by atoms with Crippen molar-refractivity contribution in [2.24, 2.45) is 0 Å². The summed E-state index contributed by atoms with van der Waals surface area (Å²) in [6.45, 7) is 0.0401. The number of fused-ring (bicyclic) bond motifs is 1. The van der Waals surface area contributed by atoms with Gasteiger partial charge in [0.2, 0.25) is 5.91 Å². The lowest BCUT2D eigenvalue weighted by atomic mass is 9.82. The topological polar surface area (TPSA) is 61.4 Å². The largest absolute Gasteiger partial charge is 0.394 e. The molecule has 0 spiro atoms. The molecule has 3 N–H and O–H groups in total. The lowest BCUT2D eigenvalue weighted by Gasteiger charge is -2.37. The highest BCUT2D eigenvalue weighted by Crippen LogP contribution is 2.29. The maximum Gasteiger partial charge on any atom is 0.243 e. The molecule has 1 aromatic carbocycles. The number of benzene rings is 1. The van der Waals surface area contributed by atoms with Crippen molar-refractivity contribution in [1.82, 2.24) is 5.32 Å². The average Bonchev–Trinajstić information content (AvgIpc) is 2.92. The summed E-state index contributed by atoms with van der Waals surface area (Å²) in [7, 11) is 0. The number of hydrogen-bond acceptors (Lipinski definition) is 3. The first-order valence-electron chi connectivity index (χ1n) is 7.50. The number of rotatable bonds is 3. The fraction of sp³-hybridized carbons (Fsp3) is 0.562. The van der Waals surface area contributed by atoms with Gasteiger partial charge < -0.3 is 15.7 Å². The second kappa shape index (κ2) is 5.44. The molecular formula is C16H22N2O2. The van der Waals surface area contributed by atoms with Gasteiger partial charge in [-0.15, -0.1) is 0 Å². The summed E-state index contributed by atoms with van der Waals surface area (Å²) < 4.78 is 0. The van der Waals surface area contributed by atoms with Gasteiger partial charge in [0.15, 0.2) is 0 Å². The Bertz CT molecular complexity index is 470. The number of nitrogens with one attached hydrogen (secondary N) is 2. The van der Waals surface area contributed by atoms with E-state index in [0.29, 0.717) is 0 Å². The van der Waals surface area contributed by atoms with E-state index >= 15 is 0 Å². The van der Waals surface area contributed by atoms with Gasteiger partial charge in [0.1, 0.15) is 6.04 Å². The van der Waals surface area contributed by atoms with Crippen molar-refractivity contribution in [2.75, 3.05) is 11.9 Å². The van der Waals surface area contributed by atoms with E-state index in [2.05, 4.69) is 16.7 Å². The molecule has 0 unspecified atom stereocenters. The highest BCUT2D eigenvalue weighted by Gasteiger charge is 2.36. The number of carbonyl (C=O) groups is 1. The number of hydrogen-bond donors (Lipinski definition) is 3.